The third kappa shape index (κ3) is 5.54. The molecule has 1 aromatic carbocycles. The molecule has 1 aliphatic heterocycles. The van der Waals surface area contributed by atoms with Crippen LogP contribution in [-0.2, 0) is 33.4 Å². The number of carbonyl (C=O) groups excluding carboxylic acids is 5. The highest BCUT2D eigenvalue weighted by atomic mass is 16.6. The second kappa shape index (κ2) is 11.7. The second-order valence-corrected chi connectivity index (χ2v) is 10.7. The maximum Gasteiger partial charge on any atom is 0.333 e. The summed E-state index contributed by atoms with van der Waals surface area (Å²) in [5.74, 6) is -3.58. The van der Waals surface area contributed by atoms with Crippen molar-refractivity contribution < 1.29 is 43.3 Å². The number of allylic oxidation sites excluding steroid dienone is 3. The van der Waals surface area contributed by atoms with Crippen molar-refractivity contribution in [2.45, 2.75) is 64.1 Å². The Morgan fingerprint density at radius 1 is 1.12 bits per heavy atom. The minimum atomic E-state index is -1.31. The predicted octanol–water partition coefficient (Wildman–Crippen LogP) is 3.16. The first-order valence-electron chi connectivity index (χ1n) is 13.1. The molecule has 2 fully saturated rings. The maximum atomic E-state index is 13.7. The van der Waals surface area contributed by atoms with Gasteiger partial charge in [0.15, 0.2) is 0 Å². The minimum Gasteiger partial charge on any atom is -0.545 e. The smallest absolute Gasteiger partial charge is 0.333 e. The number of nitrogens with one attached hydrogen (secondary N) is 1. The molecular formula is C30H36N2O9. The van der Waals surface area contributed by atoms with E-state index in [1.165, 1.54) is 38.3 Å². The van der Waals surface area contributed by atoms with Gasteiger partial charge in [-0.2, -0.15) is 0 Å². The van der Waals surface area contributed by atoms with Crippen LogP contribution in [0.15, 0.2) is 59.7 Å². The molecule has 2 aliphatic carbocycles. The Morgan fingerprint density at radius 3 is 2.41 bits per heavy atom. The number of quaternary nitrogens is 1. The highest BCUT2D eigenvalue weighted by Crippen LogP contribution is 2.65. The van der Waals surface area contributed by atoms with Crippen molar-refractivity contribution in [1.29, 1.82) is 0 Å². The van der Waals surface area contributed by atoms with Gasteiger partial charge in [-0.3, -0.25) is 14.4 Å². The van der Waals surface area contributed by atoms with Crippen LogP contribution in [0, 0.1) is 11.3 Å². The van der Waals surface area contributed by atoms with Gasteiger partial charge in [-0.05, 0) is 69.7 Å². The molecule has 2 bridgehead atoms. The van der Waals surface area contributed by atoms with Gasteiger partial charge >= 0.3 is 17.9 Å². The van der Waals surface area contributed by atoms with Gasteiger partial charge in [0.2, 0.25) is 0 Å². The average molecular weight is 569 g/mol. The molecule has 0 radical (unpaired) electrons. The van der Waals surface area contributed by atoms with Crippen molar-refractivity contribution in [3.63, 3.8) is 0 Å². The number of hydrogen-bond donors (Lipinski definition) is 2. The lowest BCUT2D eigenvalue weighted by atomic mass is 9.62. The lowest BCUT2D eigenvalue weighted by molar-refractivity contribution is -0.255. The summed E-state index contributed by atoms with van der Waals surface area (Å²) in [4.78, 5) is 61.9. The number of rotatable bonds is 7. The van der Waals surface area contributed by atoms with Crippen LogP contribution in [0.25, 0.3) is 0 Å². The fourth-order valence-electron chi connectivity index (χ4n) is 6.37. The zero-order valence-corrected chi connectivity index (χ0v) is 23.9. The van der Waals surface area contributed by atoms with Gasteiger partial charge < -0.3 is 35.6 Å². The van der Waals surface area contributed by atoms with Gasteiger partial charge in [0, 0.05) is 29.7 Å². The number of aromatic carboxylic acids is 1. The SMILES string of the molecule is COC(=O)C1=CC[C@@]23CC[C@@H]([C@@](C)(/C=C/C=C(\C)C(=O)Nc4ccc(C(=O)[O-])cc4)OC2=O)[C@@]3(OC(C)=O)CC1.[NH4+]. The van der Waals surface area contributed by atoms with E-state index in [1.54, 1.807) is 38.2 Å². The Balaban J connectivity index is 0.00000462. The molecule has 1 aromatic rings. The Morgan fingerprint density at radius 2 is 1.80 bits per heavy atom. The zero-order chi connectivity index (χ0) is 29.3. The number of ether oxygens (including phenoxy) is 3. The molecule has 0 spiro atoms. The number of methoxy groups -OCH3 is 1. The first-order valence-corrected chi connectivity index (χ1v) is 13.1. The number of cyclic esters (lactones) is 1. The fraction of sp³-hybridized carbons (Fsp3) is 0.433. The molecule has 1 amide bonds. The van der Waals surface area contributed by atoms with Gasteiger partial charge in [-0.1, -0.05) is 30.4 Å². The van der Waals surface area contributed by atoms with Gasteiger partial charge in [-0.25, -0.2) is 4.79 Å². The summed E-state index contributed by atoms with van der Waals surface area (Å²) in [6.07, 6.45) is 8.35. The average Bonchev–Trinajstić information content (AvgIpc) is 3.05. The van der Waals surface area contributed by atoms with Crippen molar-refractivity contribution in [3.8, 4) is 0 Å². The molecule has 11 heteroatoms. The van der Waals surface area contributed by atoms with Crippen LogP contribution in [-0.4, -0.2) is 48.1 Å². The van der Waals surface area contributed by atoms with E-state index in [2.05, 4.69) is 5.32 Å². The van der Waals surface area contributed by atoms with Gasteiger partial charge in [0.25, 0.3) is 5.91 Å². The Kier molecular flexibility index (Phi) is 8.92. The van der Waals surface area contributed by atoms with E-state index in [1.807, 2.05) is 0 Å². The number of carboxylic acids is 1. The Bertz CT molecular complexity index is 1350. The molecule has 0 unspecified atom stereocenters. The number of hydrogen-bond acceptors (Lipinski definition) is 9. The number of benzene rings is 1. The van der Waals surface area contributed by atoms with Crippen LogP contribution in [0.2, 0.25) is 0 Å². The Labute approximate surface area is 238 Å². The third-order valence-corrected chi connectivity index (χ3v) is 8.37. The molecule has 220 valence electrons. The maximum absolute atomic E-state index is 13.7. The first-order chi connectivity index (χ1) is 18.9. The van der Waals surface area contributed by atoms with E-state index in [0.717, 1.165) is 0 Å². The lowest BCUT2D eigenvalue weighted by Crippen LogP contribution is -2.65. The highest BCUT2D eigenvalue weighted by molar-refractivity contribution is 6.03. The van der Waals surface area contributed by atoms with E-state index < -0.39 is 46.4 Å². The van der Waals surface area contributed by atoms with Crippen molar-refractivity contribution in [2.75, 3.05) is 12.4 Å². The molecule has 4 rings (SSSR count). The molecule has 3 aliphatic rings. The van der Waals surface area contributed by atoms with E-state index in [9.17, 15) is 29.1 Å². The summed E-state index contributed by atoms with van der Waals surface area (Å²) < 4.78 is 17.0. The number of esters is 3. The van der Waals surface area contributed by atoms with E-state index >= 15 is 0 Å². The van der Waals surface area contributed by atoms with Crippen LogP contribution in [0.3, 0.4) is 0 Å². The van der Waals surface area contributed by atoms with Crippen LogP contribution < -0.4 is 16.6 Å². The van der Waals surface area contributed by atoms with Crippen molar-refractivity contribution in [2.24, 2.45) is 11.3 Å². The number of carbonyl (C=O) groups is 5. The number of carboxylic acid groups (broad SMARTS) is 1. The van der Waals surface area contributed by atoms with E-state index in [4.69, 9.17) is 14.2 Å². The van der Waals surface area contributed by atoms with Crippen LogP contribution >= 0.6 is 0 Å². The minimum absolute atomic E-state index is 0. The predicted molar refractivity (Wildman–Crippen MR) is 146 cm³/mol. The van der Waals surface area contributed by atoms with Gasteiger partial charge in [0.1, 0.15) is 16.6 Å². The van der Waals surface area contributed by atoms with Crippen LogP contribution in [0.4, 0.5) is 5.69 Å². The van der Waals surface area contributed by atoms with Crippen molar-refractivity contribution >= 4 is 35.5 Å². The van der Waals surface area contributed by atoms with Crippen LogP contribution in [0.5, 0.6) is 0 Å². The normalized spacial score (nSPS) is 28.8. The number of amides is 1. The molecule has 1 saturated carbocycles. The second-order valence-electron chi connectivity index (χ2n) is 10.7. The molecule has 1 saturated heterocycles. The largest absolute Gasteiger partial charge is 0.545 e. The zero-order valence-electron chi connectivity index (χ0n) is 23.9. The summed E-state index contributed by atoms with van der Waals surface area (Å²) in [5.41, 5.74) is -2.22. The molecule has 0 aromatic heterocycles. The van der Waals surface area contributed by atoms with Gasteiger partial charge in [0.05, 0.1) is 13.1 Å². The quantitative estimate of drug-likeness (QED) is 0.216. The third-order valence-electron chi connectivity index (χ3n) is 8.37. The monoisotopic (exact) mass is 568 g/mol. The first kappa shape index (κ1) is 31.3. The molecule has 4 atom stereocenters. The standard InChI is InChI=1S/C30H33NO9.H3N/c1-18(24(33)31-22-9-7-20(8-10-22)25(34)35)6-5-14-28(3)23-13-16-29(27(37)40-28)15-11-21(26(36)38-4)12-17-30(23,29)39-19(2)32;/h5-11,14,23H,12-13,15-17H2,1-4H3,(H,31,33)(H,34,35);1H3/b14-5+,18-6+;/t23-,28+,29+,30-;/m0./s1. The van der Waals surface area contributed by atoms with E-state index in [0.29, 0.717) is 29.7 Å². The number of anilines is 1. The molecule has 11 nitrogen and oxygen atoms in total. The lowest BCUT2D eigenvalue weighted by Gasteiger charge is -2.54. The van der Waals surface area contributed by atoms with Crippen LogP contribution in [0.1, 0.15) is 63.2 Å². The Hall–Kier alpha value is -4.25. The molecule has 5 N–H and O–H groups in total. The summed E-state index contributed by atoms with van der Waals surface area (Å²) >= 11 is 0. The van der Waals surface area contributed by atoms with E-state index in [-0.39, 0.29) is 36.9 Å². The summed E-state index contributed by atoms with van der Waals surface area (Å²) in [7, 11) is 1.30. The fourth-order valence-corrected chi connectivity index (χ4v) is 6.37. The van der Waals surface area contributed by atoms with Crippen molar-refractivity contribution in [3.05, 3.63) is 65.3 Å². The molecular weight excluding hydrogens is 532 g/mol. The molecule has 41 heavy (non-hydrogen) atoms. The topological polar surface area (TPSA) is 185 Å². The summed E-state index contributed by atoms with van der Waals surface area (Å²) in [6, 6.07) is 5.59. The summed E-state index contributed by atoms with van der Waals surface area (Å²) in [5, 5.41) is 13.6. The summed E-state index contributed by atoms with van der Waals surface area (Å²) in [6.45, 7) is 4.68. The highest BCUT2D eigenvalue weighted by Gasteiger charge is 2.74. The molecule has 1 heterocycles. The van der Waals surface area contributed by atoms with Crippen molar-refractivity contribution in [1.82, 2.24) is 6.15 Å². The van der Waals surface area contributed by atoms with Gasteiger partial charge in [-0.15, -0.1) is 0 Å².